The van der Waals surface area contributed by atoms with Crippen LogP contribution in [0.15, 0.2) is 109 Å². The molecule has 2 amide bonds. The van der Waals surface area contributed by atoms with Gasteiger partial charge in [0.15, 0.2) is 0 Å². The van der Waals surface area contributed by atoms with E-state index in [9.17, 15) is 9.59 Å². The number of nitrogens with one attached hydrogen (secondary N) is 2. The number of hydrogen-bond donors (Lipinski definition) is 3. The lowest BCUT2D eigenvalue weighted by molar-refractivity contribution is -0.123. The van der Waals surface area contributed by atoms with Gasteiger partial charge < -0.3 is 25.8 Å². The molecule has 0 aliphatic rings. The molecule has 4 rings (SSSR count). The van der Waals surface area contributed by atoms with E-state index in [0.29, 0.717) is 31.0 Å². The molecule has 0 heterocycles. The van der Waals surface area contributed by atoms with Crippen LogP contribution in [0.25, 0.3) is 0 Å². The van der Waals surface area contributed by atoms with Gasteiger partial charge in [0, 0.05) is 13.1 Å². The minimum Gasteiger partial charge on any atom is -0.489 e. The zero-order valence-electron chi connectivity index (χ0n) is 21.0. The average molecular weight is 510 g/mol. The maximum absolute atomic E-state index is 13.2. The standard InChI is InChI=1S/C31H31N3O4/c32-19-23-11-13-24(14-12-23)20-33-30(35)29(34-31(36)38-22-26-9-5-2-6-10-26)27-15-17-28(18-16-27)37-21-25-7-3-1-4-8-25/h1-18,29H,19-22,32H2,(H,33,35)(H,34,36)/t29-/m0/s1. The molecule has 0 aliphatic carbocycles. The molecule has 194 valence electrons. The lowest BCUT2D eigenvalue weighted by Crippen LogP contribution is -2.40. The first-order chi connectivity index (χ1) is 18.6. The Bertz CT molecular complexity index is 1290. The van der Waals surface area contributed by atoms with Crippen LogP contribution >= 0.6 is 0 Å². The van der Waals surface area contributed by atoms with Crippen molar-refractivity contribution >= 4 is 12.0 Å². The van der Waals surface area contributed by atoms with Gasteiger partial charge in [-0.1, -0.05) is 97.1 Å². The third-order valence-electron chi connectivity index (χ3n) is 5.92. The fourth-order valence-electron chi connectivity index (χ4n) is 3.76. The van der Waals surface area contributed by atoms with Crippen LogP contribution in [0.1, 0.15) is 33.9 Å². The number of benzene rings is 4. The third-order valence-corrected chi connectivity index (χ3v) is 5.92. The molecule has 4 aromatic rings. The highest BCUT2D eigenvalue weighted by atomic mass is 16.5. The molecule has 7 nitrogen and oxygen atoms in total. The number of nitrogens with two attached hydrogens (primary N) is 1. The summed E-state index contributed by atoms with van der Waals surface area (Å²) in [7, 11) is 0. The molecule has 0 fully saturated rings. The van der Waals surface area contributed by atoms with E-state index in [1.165, 1.54) is 0 Å². The number of amides is 2. The largest absolute Gasteiger partial charge is 0.489 e. The van der Waals surface area contributed by atoms with Gasteiger partial charge in [-0.25, -0.2) is 4.79 Å². The Balaban J connectivity index is 1.42. The quantitative estimate of drug-likeness (QED) is 0.264. The summed E-state index contributed by atoms with van der Waals surface area (Å²) in [5, 5.41) is 5.61. The van der Waals surface area contributed by atoms with E-state index >= 15 is 0 Å². The van der Waals surface area contributed by atoms with E-state index in [4.69, 9.17) is 15.2 Å². The van der Waals surface area contributed by atoms with Gasteiger partial charge in [-0.2, -0.15) is 0 Å². The summed E-state index contributed by atoms with van der Waals surface area (Å²) in [6.45, 7) is 1.28. The second-order valence-electron chi connectivity index (χ2n) is 8.72. The molecule has 1 atom stereocenters. The number of carbonyl (C=O) groups is 2. The maximum atomic E-state index is 13.2. The zero-order chi connectivity index (χ0) is 26.6. The molecule has 0 saturated heterocycles. The van der Waals surface area contributed by atoms with Gasteiger partial charge in [0.1, 0.15) is 25.0 Å². The first-order valence-corrected chi connectivity index (χ1v) is 12.4. The highest BCUT2D eigenvalue weighted by molar-refractivity contribution is 5.86. The molecule has 0 spiro atoms. The first kappa shape index (κ1) is 26.4. The van der Waals surface area contributed by atoms with Crippen LogP contribution in [0, 0.1) is 0 Å². The zero-order valence-corrected chi connectivity index (χ0v) is 21.0. The summed E-state index contributed by atoms with van der Waals surface area (Å²) >= 11 is 0. The first-order valence-electron chi connectivity index (χ1n) is 12.4. The number of ether oxygens (including phenoxy) is 2. The summed E-state index contributed by atoms with van der Waals surface area (Å²) in [6, 6.07) is 33.0. The van der Waals surface area contributed by atoms with E-state index in [2.05, 4.69) is 10.6 Å². The Kier molecular flexibility index (Phi) is 9.48. The second kappa shape index (κ2) is 13.6. The van der Waals surface area contributed by atoms with Gasteiger partial charge in [-0.15, -0.1) is 0 Å². The Morgan fingerprint density at radius 1 is 0.684 bits per heavy atom. The van der Waals surface area contributed by atoms with Crippen molar-refractivity contribution in [3.8, 4) is 5.75 Å². The van der Waals surface area contributed by atoms with Crippen molar-refractivity contribution in [3.63, 3.8) is 0 Å². The Morgan fingerprint density at radius 2 is 1.26 bits per heavy atom. The monoisotopic (exact) mass is 509 g/mol. The average Bonchev–Trinajstić information content (AvgIpc) is 2.98. The molecule has 4 aromatic carbocycles. The van der Waals surface area contributed by atoms with E-state index in [-0.39, 0.29) is 12.5 Å². The molecule has 4 N–H and O–H groups in total. The predicted molar refractivity (Wildman–Crippen MR) is 146 cm³/mol. The van der Waals surface area contributed by atoms with Crippen molar-refractivity contribution < 1.29 is 19.1 Å². The second-order valence-corrected chi connectivity index (χ2v) is 8.72. The van der Waals surface area contributed by atoms with E-state index < -0.39 is 12.1 Å². The van der Waals surface area contributed by atoms with Crippen LogP contribution in [0.5, 0.6) is 5.75 Å². The summed E-state index contributed by atoms with van der Waals surface area (Å²) < 4.78 is 11.2. The number of rotatable bonds is 11. The van der Waals surface area contributed by atoms with Gasteiger partial charge in [-0.3, -0.25) is 4.79 Å². The van der Waals surface area contributed by atoms with E-state index in [0.717, 1.165) is 22.3 Å². The van der Waals surface area contributed by atoms with Crippen molar-refractivity contribution in [2.24, 2.45) is 5.73 Å². The van der Waals surface area contributed by atoms with Crippen molar-refractivity contribution in [3.05, 3.63) is 137 Å². The van der Waals surface area contributed by atoms with Crippen LogP contribution < -0.4 is 21.1 Å². The van der Waals surface area contributed by atoms with Gasteiger partial charge in [-0.05, 0) is 39.9 Å². The minimum atomic E-state index is -0.954. The normalized spacial score (nSPS) is 11.3. The van der Waals surface area contributed by atoms with Crippen molar-refractivity contribution in [2.75, 3.05) is 0 Å². The Morgan fingerprint density at radius 3 is 1.87 bits per heavy atom. The molecule has 0 radical (unpaired) electrons. The minimum absolute atomic E-state index is 0.0980. The summed E-state index contributed by atoms with van der Waals surface area (Å²) in [5.74, 6) is 0.297. The third kappa shape index (κ3) is 7.94. The molecule has 0 bridgehead atoms. The van der Waals surface area contributed by atoms with Crippen molar-refractivity contribution in [1.29, 1.82) is 0 Å². The fourth-order valence-corrected chi connectivity index (χ4v) is 3.76. The lowest BCUT2D eigenvalue weighted by Gasteiger charge is -2.19. The molecule has 0 aromatic heterocycles. The van der Waals surface area contributed by atoms with Crippen LogP contribution in [0.3, 0.4) is 0 Å². The van der Waals surface area contributed by atoms with E-state index in [1.807, 2.05) is 84.9 Å². The fraction of sp³-hybridized carbons (Fsp3) is 0.161. The summed E-state index contributed by atoms with van der Waals surface area (Å²) in [4.78, 5) is 25.8. The van der Waals surface area contributed by atoms with Crippen molar-refractivity contribution in [2.45, 2.75) is 32.3 Å². The smallest absolute Gasteiger partial charge is 0.408 e. The lowest BCUT2D eigenvalue weighted by atomic mass is 10.1. The van der Waals surface area contributed by atoms with Crippen LogP contribution in [-0.2, 0) is 35.8 Å². The Labute approximate surface area is 222 Å². The summed E-state index contributed by atoms with van der Waals surface area (Å²) in [5.41, 5.74) is 10.1. The number of hydrogen-bond acceptors (Lipinski definition) is 5. The highest BCUT2D eigenvalue weighted by Gasteiger charge is 2.23. The van der Waals surface area contributed by atoms with Gasteiger partial charge in [0.05, 0.1) is 0 Å². The van der Waals surface area contributed by atoms with Crippen LogP contribution in [-0.4, -0.2) is 12.0 Å². The van der Waals surface area contributed by atoms with Gasteiger partial charge in [0.25, 0.3) is 0 Å². The molecular weight excluding hydrogens is 478 g/mol. The van der Waals surface area contributed by atoms with Gasteiger partial charge >= 0.3 is 6.09 Å². The highest BCUT2D eigenvalue weighted by Crippen LogP contribution is 2.20. The SMILES string of the molecule is NCc1ccc(CNC(=O)[C@@H](NC(=O)OCc2ccccc2)c2ccc(OCc3ccccc3)cc2)cc1. The topological polar surface area (TPSA) is 103 Å². The molecule has 0 unspecified atom stereocenters. The molecular formula is C31H31N3O4. The maximum Gasteiger partial charge on any atom is 0.408 e. The van der Waals surface area contributed by atoms with Crippen LogP contribution in [0.4, 0.5) is 4.79 Å². The van der Waals surface area contributed by atoms with E-state index in [1.54, 1.807) is 24.3 Å². The molecule has 7 heteroatoms. The number of alkyl carbamates (subject to hydrolysis) is 1. The Hall–Kier alpha value is -4.62. The number of carbonyl (C=O) groups excluding carboxylic acids is 2. The molecule has 0 aliphatic heterocycles. The van der Waals surface area contributed by atoms with Crippen LogP contribution in [0.2, 0.25) is 0 Å². The summed E-state index contributed by atoms with van der Waals surface area (Å²) in [6.07, 6.45) is -0.689. The molecule has 38 heavy (non-hydrogen) atoms. The predicted octanol–water partition coefficient (Wildman–Crippen LogP) is 5.01. The van der Waals surface area contributed by atoms with Crippen molar-refractivity contribution in [1.82, 2.24) is 10.6 Å². The van der Waals surface area contributed by atoms with Gasteiger partial charge in [0.2, 0.25) is 5.91 Å². The molecule has 0 saturated carbocycles.